The highest BCUT2D eigenvalue weighted by Crippen LogP contribution is 2.39. The van der Waals surface area contributed by atoms with Gasteiger partial charge < -0.3 is 19.5 Å². The van der Waals surface area contributed by atoms with Crippen molar-refractivity contribution < 1.29 is 28.6 Å². The minimum atomic E-state index is -0.970. The van der Waals surface area contributed by atoms with Gasteiger partial charge in [-0.3, -0.25) is 9.59 Å². The molecule has 1 aromatic heterocycles. The molecule has 9 nitrogen and oxygen atoms in total. The molecule has 2 N–H and O–H groups in total. The number of methoxy groups -OCH3 is 2. The van der Waals surface area contributed by atoms with Crippen LogP contribution in [0.2, 0.25) is 0 Å². The van der Waals surface area contributed by atoms with Gasteiger partial charge in [-0.15, -0.1) is 11.3 Å². The lowest BCUT2D eigenvalue weighted by atomic mass is 10.1. The summed E-state index contributed by atoms with van der Waals surface area (Å²) in [6.45, 7) is 0.362. The third-order valence-corrected chi connectivity index (χ3v) is 7.78. The van der Waals surface area contributed by atoms with Gasteiger partial charge >= 0.3 is 17.8 Å². The van der Waals surface area contributed by atoms with Crippen LogP contribution in [-0.4, -0.2) is 38.2 Å². The highest BCUT2D eigenvalue weighted by atomic mass is 32.1. The number of fused-ring (bicyclic) bond motifs is 2. The number of esters is 1. The Morgan fingerprint density at radius 1 is 0.975 bits per heavy atom. The van der Waals surface area contributed by atoms with E-state index in [0.29, 0.717) is 34.2 Å². The van der Waals surface area contributed by atoms with Crippen LogP contribution in [0.15, 0.2) is 65.8 Å². The lowest BCUT2D eigenvalue weighted by Gasteiger charge is -2.12. The fraction of sp³-hybridized carbons (Fsp3) is 0.200. The highest BCUT2D eigenvalue weighted by molar-refractivity contribution is 7.17. The van der Waals surface area contributed by atoms with Crippen LogP contribution in [-0.2, 0) is 33.8 Å². The summed E-state index contributed by atoms with van der Waals surface area (Å²) in [5.74, 6) is -1.39. The number of hydrogen-bond acceptors (Lipinski definition) is 8. The number of nitrogens with one attached hydrogen (secondary N) is 2. The summed E-state index contributed by atoms with van der Waals surface area (Å²) < 4.78 is 16.4. The van der Waals surface area contributed by atoms with E-state index in [1.165, 1.54) is 31.8 Å². The Labute approximate surface area is 234 Å². The molecular weight excluding hydrogens is 530 g/mol. The summed E-state index contributed by atoms with van der Waals surface area (Å²) in [5.41, 5.74) is 5.09. The monoisotopic (exact) mass is 557 g/mol. The predicted octanol–water partition coefficient (Wildman–Crippen LogP) is 4.85. The van der Waals surface area contributed by atoms with Crippen molar-refractivity contribution >= 4 is 51.1 Å². The van der Waals surface area contributed by atoms with Crippen molar-refractivity contribution in [1.82, 2.24) is 5.43 Å². The maximum atomic E-state index is 12.5. The second-order valence-corrected chi connectivity index (χ2v) is 10.1. The fourth-order valence-corrected chi connectivity index (χ4v) is 5.92. The first-order valence-electron chi connectivity index (χ1n) is 12.6. The molecule has 0 fully saturated rings. The molecule has 0 radical (unpaired) electrons. The Bertz CT molecular complexity index is 1620. The fourth-order valence-electron chi connectivity index (χ4n) is 4.64. The first kappa shape index (κ1) is 26.9. The second kappa shape index (κ2) is 12.0. The summed E-state index contributed by atoms with van der Waals surface area (Å²) in [6.07, 6.45) is 3.89. The largest absolute Gasteiger partial charge is 0.493 e. The molecule has 4 aromatic rings. The number of amides is 2. The number of carbonyl (C=O) groups excluding carboxylic acids is 3. The zero-order valence-electron chi connectivity index (χ0n) is 22.0. The summed E-state index contributed by atoms with van der Waals surface area (Å²) in [6, 6.07) is 19.4. The number of thiophene rings is 1. The molecule has 40 heavy (non-hydrogen) atoms. The highest BCUT2D eigenvalue weighted by Gasteiger charge is 2.29. The standard InChI is InChI=1S/C30H27N3O6S/c1-37-24-15-18(13-14-23(24)39-17-20-9-5-8-19-7-3-4-10-21(19)20)16-31-33-28(35)27(34)32-29-26(30(36)38-2)22-11-6-12-25(22)40-29/h3-5,7-10,13-16H,6,11-12,17H2,1-2H3,(H,32,34)(H,33,35)/b31-16+. The third-order valence-electron chi connectivity index (χ3n) is 6.57. The second-order valence-electron chi connectivity index (χ2n) is 9.04. The number of nitrogens with zero attached hydrogens (tertiary/aromatic N) is 1. The lowest BCUT2D eigenvalue weighted by Crippen LogP contribution is -2.32. The summed E-state index contributed by atoms with van der Waals surface area (Å²) >= 11 is 1.29. The van der Waals surface area contributed by atoms with Gasteiger partial charge in [-0.25, -0.2) is 10.2 Å². The molecule has 0 unspecified atom stereocenters. The lowest BCUT2D eigenvalue weighted by molar-refractivity contribution is -0.136. The summed E-state index contributed by atoms with van der Waals surface area (Å²) in [5, 5.41) is 8.99. The Morgan fingerprint density at radius 3 is 2.62 bits per heavy atom. The van der Waals surface area contributed by atoms with Crippen molar-refractivity contribution in [3.05, 3.63) is 87.8 Å². The zero-order valence-corrected chi connectivity index (χ0v) is 22.8. The van der Waals surface area contributed by atoms with Crippen LogP contribution in [0.1, 0.15) is 38.3 Å². The number of hydrazone groups is 1. The van der Waals surface area contributed by atoms with E-state index >= 15 is 0 Å². The molecule has 0 aliphatic heterocycles. The topological polar surface area (TPSA) is 115 Å². The van der Waals surface area contributed by atoms with Crippen molar-refractivity contribution in [2.75, 3.05) is 19.5 Å². The van der Waals surface area contributed by atoms with E-state index in [-0.39, 0.29) is 0 Å². The quantitative estimate of drug-likeness (QED) is 0.139. The van der Waals surface area contributed by atoms with Crippen molar-refractivity contribution in [1.29, 1.82) is 0 Å². The van der Waals surface area contributed by atoms with Crippen molar-refractivity contribution in [3.8, 4) is 11.5 Å². The number of carbonyl (C=O) groups is 3. The number of hydrogen-bond donors (Lipinski definition) is 2. The first-order valence-corrected chi connectivity index (χ1v) is 13.4. The molecule has 0 saturated heterocycles. The normalized spacial score (nSPS) is 12.2. The van der Waals surface area contributed by atoms with E-state index in [1.807, 2.05) is 24.3 Å². The molecule has 0 atom stereocenters. The Balaban J connectivity index is 1.20. The van der Waals surface area contributed by atoms with Gasteiger partial charge in [-0.2, -0.15) is 5.10 Å². The van der Waals surface area contributed by atoms with E-state index in [1.54, 1.807) is 18.2 Å². The van der Waals surface area contributed by atoms with E-state index in [4.69, 9.17) is 14.2 Å². The van der Waals surface area contributed by atoms with Crippen molar-refractivity contribution in [2.45, 2.75) is 25.9 Å². The molecule has 1 heterocycles. The number of ether oxygens (including phenoxy) is 3. The number of rotatable bonds is 8. The first-order chi connectivity index (χ1) is 19.5. The summed E-state index contributed by atoms with van der Waals surface area (Å²) in [7, 11) is 2.82. The van der Waals surface area contributed by atoms with Gasteiger partial charge in [0, 0.05) is 4.88 Å². The van der Waals surface area contributed by atoms with Crippen LogP contribution < -0.4 is 20.2 Å². The molecule has 204 valence electrons. The minimum absolute atomic E-state index is 0.310. The van der Waals surface area contributed by atoms with E-state index < -0.39 is 17.8 Å². The van der Waals surface area contributed by atoms with Crippen LogP contribution in [0.25, 0.3) is 10.8 Å². The minimum Gasteiger partial charge on any atom is -0.493 e. The molecule has 5 rings (SSSR count). The maximum absolute atomic E-state index is 12.5. The van der Waals surface area contributed by atoms with Gasteiger partial charge in [-0.1, -0.05) is 42.5 Å². The molecule has 1 aliphatic rings. The zero-order chi connectivity index (χ0) is 28.1. The van der Waals surface area contributed by atoms with Crippen LogP contribution in [0, 0.1) is 0 Å². The SMILES string of the molecule is COC(=O)c1c(NC(=O)C(=O)N/N=C/c2ccc(OCc3cccc4ccccc34)c(OC)c2)sc2c1CCC2. The van der Waals surface area contributed by atoms with Gasteiger partial charge in [0.25, 0.3) is 0 Å². The Morgan fingerprint density at radius 2 is 1.80 bits per heavy atom. The molecule has 3 aromatic carbocycles. The number of benzene rings is 3. The van der Waals surface area contributed by atoms with Crippen LogP contribution >= 0.6 is 11.3 Å². The molecule has 2 amide bonds. The van der Waals surface area contributed by atoms with E-state index in [0.717, 1.165) is 46.0 Å². The third kappa shape index (κ3) is 5.67. The van der Waals surface area contributed by atoms with Crippen LogP contribution in [0.3, 0.4) is 0 Å². The van der Waals surface area contributed by atoms with Crippen molar-refractivity contribution in [2.24, 2.45) is 5.10 Å². The predicted molar refractivity (Wildman–Crippen MR) is 153 cm³/mol. The molecule has 10 heteroatoms. The van der Waals surface area contributed by atoms with Gasteiger partial charge in [0.1, 0.15) is 11.6 Å². The molecule has 0 saturated carbocycles. The van der Waals surface area contributed by atoms with E-state index in [2.05, 4.69) is 34.0 Å². The average molecular weight is 558 g/mol. The van der Waals surface area contributed by atoms with Crippen LogP contribution in [0.4, 0.5) is 5.00 Å². The van der Waals surface area contributed by atoms with Gasteiger partial charge in [-0.05, 0) is 64.9 Å². The maximum Gasteiger partial charge on any atom is 0.341 e. The van der Waals surface area contributed by atoms with Gasteiger partial charge in [0.2, 0.25) is 0 Å². The van der Waals surface area contributed by atoms with Crippen LogP contribution in [0.5, 0.6) is 11.5 Å². The molecular formula is C30H27N3O6S. The smallest absolute Gasteiger partial charge is 0.341 e. The average Bonchev–Trinajstić information content (AvgIpc) is 3.56. The Kier molecular flexibility index (Phi) is 8.07. The molecule has 0 spiro atoms. The van der Waals surface area contributed by atoms with E-state index in [9.17, 15) is 14.4 Å². The molecule has 1 aliphatic carbocycles. The number of aryl methyl sites for hydroxylation is 1. The summed E-state index contributed by atoms with van der Waals surface area (Å²) in [4.78, 5) is 38.1. The molecule has 0 bridgehead atoms. The van der Waals surface area contributed by atoms with Gasteiger partial charge in [0.05, 0.1) is 26.0 Å². The van der Waals surface area contributed by atoms with Crippen molar-refractivity contribution in [3.63, 3.8) is 0 Å². The van der Waals surface area contributed by atoms with Gasteiger partial charge in [0.15, 0.2) is 11.5 Å². The number of anilines is 1. The Hall–Kier alpha value is -4.70.